The van der Waals surface area contributed by atoms with E-state index in [1.54, 1.807) is 48.5 Å². The summed E-state index contributed by atoms with van der Waals surface area (Å²) >= 11 is 12.1. The summed E-state index contributed by atoms with van der Waals surface area (Å²) in [5.41, 5.74) is 1.73. The molecule has 4 nitrogen and oxygen atoms in total. The Morgan fingerprint density at radius 2 is 1.74 bits per heavy atom. The smallest absolute Gasteiger partial charge is 0.248 e. The fourth-order valence-corrected chi connectivity index (χ4v) is 4.14. The van der Waals surface area contributed by atoms with Crippen LogP contribution in [0.1, 0.15) is 25.0 Å². The molecule has 0 saturated carbocycles. The molecule has 1 aliphatic heterocycles. The highest BCUT2D eigenvalue weighted by molar-refractivity contribution is 6.35. The van der Waals surface area contributed by atoms with Gasteiger partial charge in [0.15, 0.2) is 0 Å². The van der Waals surface area contributed by atoms with E-state index >= 15 is 0 Å². The molecule has 0 unspecified atom stereocenters. The van der Waals surface area contributed by atoms with Crippen LogP contribution in [0.2, 0.25) is 10.0 Å². The van der Waals surface area contributed by atoms with Gasteiger partial charge in [0.25, 0.3) is 0 Å². The van der Waals surface area contributed by atoms with E-state index in [4.69, 9.17) is 27.6 Å². The second kappa shape index (κ2) is 9.58. The van der Waals surface area contributed by atoms with Crippen molar-refractivity contribution < 1.29 is 13.6 Å². The second-order valence-corrected chi connectivity index (χ2v) is 8.27. The summed E-state index contributed by atoms with van der Waals surface area (Å²) in [6, 6.07) is 13.4. The van der Waals surface area contributed by atoms with E-state index in [-0.39, 0.29) is 11.7 Å². The molecule has 4 rings (SSSR count). The molecule has 0 bridgehead atoms. The average molecular weight is 459 g/mol. The maximum atomic E-state index is 14.5. The van der Waals surface area contributed by atoms with Gasteiger partial charge in [0.1, 0.15) is 17.3 Å². The molecule has 1 N–H and O–H groups in total. The van der Waals surface area contributed by atoms with Gasteiger partial charge in [-0.15, -0.1) is 0 Å². The number of anilines is 2. The van der Waals surface area contributed by atoms with Gasteiger partial charge < -0.3 is 14.6 Å². The van der Waals surface area contributed by atoms with Gasteiger partial charge in [0.2, 0.25) is 5.91 Å². The number of halogens is 3. The van der Waals surface area contributed by atoms with Crippen molar-refractivity contribution in [3.05, 3.63) is 76.2 Å². The summed E-state index contributed by atoms with van der Waals surface area (Å²) in [6.07, 6.45) is 6.21. The molecule has 0 spiro atoms. The molecule has 0 radical (unpaired) electrons. The van der Waals surface area contributed by atoms with Gasteiger partial charge in [-0.2, -0.15) is 0 Å². The van der Waals surface area contributed by atoms with Crippen LogP contribution in [0.4, 0.5) is 15.8 Å². The summed E-state index contributed by atoms with van der Waals surface area (Å²) in [7, 11) is 0. The van der Waals surface area contributed by atoms with Crippen LogP contribution < -0.4 is 10.2 Å². The van der Waals surface area contributed by atoms with Crippen LogP contribution >= 0.6 is 23.2 Å². The molecule has 1 aromatic heterocycles. The highest BCUT2D eigenvalue weighted by Gasteiger charge is 2.15. The lowest BCUT2D eigenvalue weighted by atomic mass is 10.1. The van der Waals surface area contributed by atoms with Crippen molar-refractivity contribution in [2.24, 2.45) is 0 Å². The zero-order chi connectivity index (χ0) is 21.8. The molecular formula is C24H21Cl2FN2O2. The summed E-state index contributed by atoms with van der Waals surface area (Å²) < 4.78 is 20.2. The van der Waals surface area contributed by atoms with Crippen LogP contribution in [-0.2, 0) is 4.79 Å². The lowest BCUT2D eigenvalue weighted by molar-refractivity contribution is -0.111. The predicted molar refractivity (Wildman–Crippen MR) is 124 cm³/mol. The molecule has 7 heteroatoms. The maximum Gasteiger partial charge on any atom is 0.248 e. The summed E-state index contributed by atoms with van der Waals surface area (Å²) in [5, 5.41) is 3.69. The Morgan fingerprint density at radius 3 is 2.45 bits per heavy atom. The molecule has 2 aromatic carbocycles. The first-order chi connectivity index (χ1) is 15.0. The summed E-state index contributed by atoms with van der Waals surface area (Å²) in [4.78, 5) is 14.3. The standard InChI is InChI=1S/C24H21Cl2FN2O2/c25-17-12-16(13-18(26)14-17)23-8-5-20(31-23)6-9-24(30)28-19-4-7-22(21(27)15-19)29-10-2-1-3-11-29/h4-9,12-15H,1-3,10-11H2,(H,28,30)/b9-6+. The van der Waals surface area contributed by atoms with E-state index in [2.05, 4.69) is 5.32 Å². The van der Waals surface area contributed by atoms with Gasteiger partial charge in [-0.1, -0.05) is 23.2 Å². The molecule has 0 aliphatic carbocycles. The van der Waals surface area contributed by atoms with Gasteiger partial charge in [-0.3, -0.25) is 4.79 Å². The molecule has 1 amide bonds. The van der Waals surface area contributed by atoms with Crippen LogP contribution in [0, 0.1) is 5.82 Å². The van der Waals surface area contributed by atoms with E-state index in [1.165, 1.54) is 18.6 Å². The van der Waals surface area contributed by atoms with Crippen molar-refractivity contribution in [1.82, 2.24) is 0 Å². The Kier molecular flexibility index (Phi) is 6.64. The SMILES string of the molecule is O=C(/C=C/c1ccc(-c2cc(Cl)cc(Cl)c2)o1)Nc1ccc(N2CCCCC2)c(F)c1. The molecule has 1 aliphatic rings. The molecule has 160 valence electrons. The van der Waals surface area contributed by atoms with Crippen molar-refractivity contribution in [1.29, 1.82) is 0 Å². The number of furan rings is 1. The molecular weight excluding hydrogens is 438 g/mol. The van der Waals surface area contributed by atoms with E-state index < -0.39 is 0 Å². The van der Waals surface area contributed by atoms with Crippen LogP contribution in [0.3, 0.4) is 0 Å². The maximum absolute atomic E-state index is 14.5. The fraction of sp³-hybridized carbons (Fsp3) is 0.208. The van der Waals surface area contributed by atoms with Gasteiger partial charge in [-0.05, 0) is 73.9 Å². The molecule has 2 heterocycles. The number of benzene rings is 2. The number of hydrogen-bond donors (Lipinski definition) is 1. The minimum atomic E-state index is -0.381. The van der Waals surface area contributed by atoms with E-state index in [9.17, 15) is 9.18 Å². The lowest BCUT2D eigenvalue weighted by Crippen LogP contribution is -2.30. The second-order valence-electron chi connectivity index (χ2n) is 7.40. The number of carbonyl (C=O) groups excluding carboxylic acids is 1. The topological polar surface area (TPSA) is 45.5 Å². The predicted octanol–water partition coefficient (Wildman–Crippen LogP) is 7.03. The summed E-state index contributed by atoms with van der Waals surface area (Å²) in [5.74, 6) is 0.362. The van der Waals surface area contributed by atoms with Gasteiger partial charge >= 0.3 is 0 Å². The normalized spacial score (nSPS) is 14.2. The van der Waals surface area contributed by atoms with Crippen molar-refractivity contribution in [2.75, 3.05) is 23.3 Å². The van der Waals surface area contributed by atoms with Gasteiger partial charge in [0.05, 0.1) is 5.69 Å². The first-order valence-electron chi connectivity index (χ1n) is 10.1. The van der Waals surface area contributed by atoms with E-state index in [0.717, 1.165) is 31.5 Å². The Balaban J connectivity index is 1.40. The van der Waals surface area contributed by atoms with Crippen LogP contribution in [-0.4, -0.2) is 19.0 Å². The first kappa shape index (κ1) is 21.5. The number of piperidine rings is 1. The highest BCUT2D eigenvalue weighted by Crippen LogP contribution is 2.29. The fourth-order valence-electron chi connectivity index (χ4n) is 3.61. The minimum Gasteiger partial charge on any atom is -0.457 e. The third kappa shape index (κ3) is 5.49. The van der Waals surface area contributed by atoms with Crippen LogP contribution in [0.25, 0.3) is 17.4 Å². The van der Waals surface area contributed by atoms with Gasteiger partial charge in [-0.25, -0.2) is 4.39 Å². The molecule has 0 atom stereocenters. The van der Waals surface area contributed by atoms with Crippen molar-refractivity contribution in [2.45, 2.75) is 19.3 Å². The largest absolute Gasteiger partial charge is 0.457 e. The number of carbonyl (C=O) groups is 1. The van der Waals surface area contributed by atoms with Crippen molar-refractivity contribution >= 4 is 46.6 Å². The molecule has 31 heavy (non-hydrogen) atoms. The number of nitrogens with zero attached hydrogens (tertiary/aromatic N) is 1. The quantitative estimate of drug-likeness (QED) is 0.417. The van der Waals surface area contributed by atoms with Gasteiger partial charge in [0, 0.05) is 40.5 Å². The Morgan fingerprint density at radius 1 is 1.00 bits per heavy atom. The van der Waals surface area contributed by atoms with E-state index in [1.807, 2.05) is 4.90 Å². The first-order valence-corrected chi connectivity index (χ1v) is 10.8. The lowest BCUT2D eigenvalue weighted by Gasteiger charge is -2.29. The number of rotatable bonds is 5. The van der Waals surface area contributed by atoms with Crippen LogP contribution in [0.15, 0.2) is 59.0 Å². The Bertz CT molecular complexity index is 1100. The molecule has 1 fully saturated rings. The number of amides is 1. The zero-order valence-electron chi connectivity index (χ0n) is 16.7. The van der Waals surface area contributed by atoms with Crippen molar-refractivity contribution in [3.63, 3.8) is 0 Å². The van der Waals surface area contributed by atoms with Crippen LogP contribution in [0.5, 0.6) is 0 Å². The number of hydrogen-bond acceptors (Lipinski definition) is 3. The Labute approximate surface area is 190 Å². The molecule has 1 saturated heterocycles. The average Bonchev–Trinajstić information content (AvgIpc) is 3.22. The molecule has 3 aromatic rings. The number of nitrogens with one attached hydrogen (secondary N) is 1. The zero-order valence-corrected chi connectivity index (χ0v) is 18.2. The third-order valence-corrected chi connectivity index (χ3v) is 5.52. The monoisotopic (exact) mass is 458 g/mol. The minimum absolute atomic E-state index is 0.334. The summed E-state index contributed by atoms with van der Waals surface area (Å²) in [6.45, 7) is 1.72. The van der Waals surface area contributed by atoms with E-state index in [0.29, 0.717) is 32.9 Å². The Hall–Kier alpha value is -2.76. The third-order valence-electron chi connectivity index (χ3n) is 5.08. The van der Waals surface area contributed by atoms with Crippen molar-refractivity contribution in [3.8, 4) is 11.3 Å². The highest BCUT2D eigenvalue weighted by atomic mass is 35.5.